The lowest BCUT2D eigenvalue weighted by Crippen LogP contribution is -2.52. The van der Waals surface area contributed by atoms with Gasteiger partial charge in [-0.1, -0.05) is 43.3 Å². The van der Waals surface area contributed by atoms with Gasteiger partial charge in [0.15, 0.2) is 0 Å². The van der Waals surface area contributed by atoms with Crippen LogP contribution in [0.3, 0.4) is 0 Å². The van der Waals surface area contributed by atoms with Crippen molar-refractivity contribution in [1.29, 1.82) is 0 Å². The molecule has 208 valence electrons. The number of benzene rings is 3. The third kappa shape index (κ3) is 7.66. The summed E-state index contributed by atoms with van der Waals surface area (Å²) in [6.45, 7) is 8.59. The van der Waals surface area contributed by atoms with Gasteiger partial charge in [-0.2, -0.15) is 0 Å². The maximum absolute atomic E-state index is 13.9. The lowest BCUT2D eigenvalue weighted by atomic mass is 10.1. The Labute approximate surface area is 230 Å². The van der Waals surface area contributed by atoms with Gasteiger partial charge in [0.05, 0.1) is 10.6 Å². The lowest BCUT2D eigenvalue weighted by Gasteiger charge is -2.32. The quantitative estimate of drug-likeness (QED) is 0.363. The zero-order valence-corrected chi connectivity index (χ0v) is 23.8. The predicted octanol–water partition coefficient (Wildman–Crippen LogP) is 4.97. The van der Waals surface area contributed by atoms with Crippen molar-refractivity contribution in [3.05, 3.63) is 95.3 Å². The van der Waals surface area contributed by atoms with Crippen molar-refractivity contribution in [1.82, 2.24) is 10.2 Å². The second kappa shape index (κ2) is 12.9. The Morgan fingerprint density at radius 2 is 1.51 bits per heavy atom. The van der Waals surface area contributed by atoms with Crippen LogP contribution >= 0.6 is 0 Å². The summed E-state index contributed by atoms with van der Waals surface area (Å²) in [5, 5.41) is 2.89. The van der Waals surface area contributed by atoms with Crippen molar-refractivity contribution < 1.29 is 22.4 Å². The lowest BCUT2D eigenvalue weighted by molar-refractivity contribution is -0.139. The van der Waals surface area contributed by atoms with Gasteiger partial charge in [-0.25, -0.2) is 12.8 Å². The van der Waals surface area contributed by atoms with Crippen LogP contribution < -0.4 is 9.62 Å². The van der Waals surface area contributed by atoms with Crippen LogP contribution in [0.1, 0.15) is 43.9 Å². The first-order valence-electron chi connectivity index (χ1n) is 12.9. The van der Waals surface area contributed by atoms with E-state index in [0.717, 1.165) is 15.4 Å². The van der Waals surface area contributed by atoms with Gasteiger partial charge in [-0.15, -0.1) is 0 Å². The minimum absolute atomic E-state index is 0.000274. The number of amides is 2. The highest BCUT2D eigenvalue weighted by Crippen LogP contribution is 2.26. The molecule has 0 saturated heterocycles. The molecule has 0 aliphatic heterocycles. The number of nitrogens with one attached hydrogen (secondary N) is 1. The minimum Gasteiger partial charge on any atom is -0.352 e. The molecule has 0 aliphatic rings. The fraction of sp³-hybridized carbons (Fsp3) is 0.333. The molecule has 0 heterocycles. The first kappa shape index (κ1) is 29.8. The summed E-state index contributed by atoms with van der Waals surface area (Å²) in [5.41, 5.74) is 2.64. The summed E-state index contributed by atoms with van der Waals surface area (Å²) < 4.78 is 42.3. The number of hydrogen-bond acceptors (Lipinski definition) is 4. The van der Waals surface area contributed by atoms with Crippen molar-refractivity contribution >= 4 is 27.5 Å². The van der Waals surface area contributed by atoms with Crippen LogP contribution in [-0.2, 0) is 26.2 Å². The number of anilines is 1. The zero-order valence-electron chi connectivity index (χ0n) is 23.0. The molecule has 3 aromatic rings. The fourth-order valence-electron chi connectivity index (χ4n) is 4.18. The predicted molar refractivity (Wildman–Crippen MR) is 151 cm³/mol. The molecule has 0 spiro atoms. The third-order valence-electron chi connectivity index (χ3n) is 6.54. The Morgan fingerprint density at radius 1 is 0.923 bits per heavy atom. The highest BCUT2D eigenvalue weighted by molar-refractivity contribution is 7.92. The summed E-state index contributed by atoms with van der Waals surface area (Å²) in [6.07, 6.45) is 0.709. The molecule has 2 unspecified atom stereocenters. The molecule has 1 N–H and O–H groups in total. The zero-order chi connectivity index (χ0) is 28.7. The summed E-state index contributed by atoms with van der Waals surface area (Å²) in [6, 6.07) is 17.9. The first-order chi connectivity index (χ1) is 18.4. The highest BCUT2D eigenvalue weighted by Gasteiger charge is 2.33. The standard InChI is InChI=1S/C30H36FN3O4S/c1-6-23(4)32-30(36)24(5)33(19-25-12-14-26(31)15-13-25)29(35)20-34(27-17-21(2)16-22(3)18-27)39(37,38)28-10-8-7-9-11-28/h7-18,23-24H,6,19-20H2,1-5H3,(H,32,36). The molecule has 3 aromatic carbocycles. The van der Waals surface area contributed by atoms with Crippen molar-refractivity contribution in [3.63, 3.8) is 0 Å². The molecule has 2 amide bonds. The maximum atomic E-state index is 13.9. The molecular weight excluding hydrogens is 517 g/mol. The van der Waals surface area contributed by atoms with E-state index in [1.54, 1.807) is 37.3 Å². The van der Waals surface area contributed by atoms with Gasteiger partial charge in [0.2, 0.25) is 11.8 Å². The molecule has 3 rings (SSSR count). The van der Waals surface area contributed by atoms with E-state index in [-0.39, 0.29) is 23.4 Å². The topological polar surface area (TPSA) is 86.8 Å². The highest BCUT2D eigenvalue weighted by atomic mass is 32.2. The Balaban J connectivity index is 2.04. The van der Waals surface area contributed by atoms with Crippen LogP contribution in [-0.4, -0.2) is 43.8 Å². The fourth-order valence-corrected chi connectivity index (χ4v) is 5.60. The van der Waals surface area contributed by atoms with E-state index in [1.165, 1.54) is 41.3 Å². The molecule has 0 aliphatic carbocycles. The number of carbonyl (C=O) groups is 2. The SMILES string of the molecule is CCC(C)NC(=O)C(C)N(Cc1ccc(F)cc1)C(=O)CN(c1cc(C)cc(C)c1)S(=O)(=O)c1ccccc1. The van der Waals surface area contributed by atoms with E-state index in [4.69, 9.17) is 0 Å². The van der Waals surface area contributed by atoms with Crippen LogP contribution in [0.5, 0.6) is 0 Å². The Morgan fingerprint density at radius 3 is 2.08 bits per heavy atom. The first-order valence-corrected chi connectivity index (χ1v) is 14.4. The van der Waals surface area contributed by atoms with Gasteiger partial charge in [0.1, 0.15) is 18.4 Å². The van der Waals surface area contributed by atoms with E-state index in [2.05, 4.69) is 5.32 Å². The number of halogens is 1. The number of aryl methyl sites for hydroxylation is 2. The van der Waals surface area contributed by atoms with Gasteiger partial charge >= 0.3 is 0 Å². The van der Waals surface area contributed by atoms with Gasteiger partial charge in [0.25, 0.3) is 10.0 Å². The smallest absolute Gasteiger partial charge is 0.264 e. The molecule has 0 aromatic heterocycles. The van der Waals surface area contributed by atoms with Gasteiger partial charge < -0.3 is 10.2 Å². The molecule has 0 saturated carbocycles. The van der Waals surface area contributed by atoms with Crippen molar-refractivity contribution in [2.24, 2.45) is 0 Å². The van der Waals surface area contributed by atoms with Crippen molar-refractivity contribution in [2.75, 3.05) is 10.8 Å². The van der Waals surface area contributed by atoms with Gasteiger partial charge in [-0.3, -0.25) is 13.9 Å². The van der Waals surface area contributed by atoms with Crippen LogP contribution in [0.15, 0.2) is 77.7 Å². The molecule has 39 heavy (non-hydrogen) atoms. The Hall–Kier alpha value is -3.72. The van der Waals surface area contributed by atoms with E-state index < -0.39 is 34.3 Å². The minimum atomic E-state index is -4.13. The maximum Gasteiger partial charge on any atom is 0.264 e. The molecule has 0 fully saturated rings. The van der Waals surface area contributed by atoms with Crippen LogP contribution in [0, 0.1) is 19.7 Å². The largest absolute Gasteiger partial charge is 0.352 e. The average Bonchev–Trinajstić information content (AvgIpc) is 2.90. The van der Waals surface area contributed by atoms with Gasteiger partial charge in [0, 0.05) is 12.6 Å². The Kier molecular flexibility index (Phi) is 9.86. The monoisotopic (exact) mass is 553 g/mol. The van der Waals surface area contributed by atoms with E-state index in [1.807, 2.05) is 33.8 Å². The van der Waals surface area contributed by atoms with Crippen molar-refractivity contribution in [3.8, 4) is 0 Å². The van der Waals surface area contributed by atoms with Crippen molar-refractivity contribution in [2.45, 2.75) is 64.6 Å². The summed E-state index contributed by atoms with van der Waals surface area (Å²) in [7, 11) is -4.13. The number of sulfonamides is 1. The summed E-state index contributed by atoms with van der Waals surface area (Å²) >= 11 is 0. The van der Waals surface area contributed by atoms with Gasteiger partial charge in [-0.05, 0) is 87.2 Å². The molecule has 0 radical (unpaired) electrons. The Bertz CT molecular complexity index is 1380. The molecular formula is C30H36FN3O4S. The number of hydrogen-bond donors (Lipinski definition) is 1. The molecule has 7 nitrogen and oxygen atoms in total. The van der Waals surface area contributed by atoms with E-state index in [0.29, 0.717) is 17.7 Å². The van der Waals surface area contributed by atoms with Crippen LogP contribution in [0.2, 0.25) is 0 Å². The third-order valence-corrected chi connectivity index (χ3v) is 8.33. The normalized spacial score (nSPS) is 12.9. The summed E-state index contributed by atoms with van der Waals surface area (Å²) in [5.74, 6) is -1.34. The second-order valence-corrected chi connectivity index (χ2v) is 11.7. The molecule has 9 heteroatoms. The number of nitrogens with zero attached hydrogens (tertiary/aromatic N) is 2. The van der Waals surface area contributed by atoms with E-state index >= 15 is 0 Å². The number of carbonyl (C=O) groups excluding carboxylic acids is 2. The molecule has 2 atom stereocenters. The molecule has 0 bridgehead atoms. The summed E-state index contributed by atoms with van der Waals surface area (Å²) in [4.78, 5) is 28.4. The average molecular weight is 554 g/mol. The second-order valence-electron chi connectivity index (χ2n) is 9.81. The number of rotatable bonds is 11. The van der Waals surface area contributed by atoms with Crippen LogP contribution in [0.25, 0.3) is 0 Å². The van der Waals surface area contributed by atoms with E-state index in [9.17, 15) is 22.4 Å². The van der Waals surface area contributed by atoms with Crippen LogP contribution in [0.4, 0.5) is 10.1 Å².